The standard InChI is InChI=1S/C12H8O/c1-3-7-11(8-4-1)13-12-9-5-2-6-10-12/h3-10H. The van der Waals surface area contributed by atoms with Gasteiger partial charge in [-0.05, 0) is 36.4 Å². The number of hydrogen-bond acceptors (Lipinski definition) is 1. The number of hydrogen-bond donors (Lipinski definition) is 0. The maximum atomic E-state index is 5.54. The van der Waals surface area contributed by atoms with E-state index < -0.39 is 0 Å². The summed E-state index contributed by atoms with van der Waals surface area (Å²) >= 11 is 0. The fourth-order valence-corrected chi connectivity index (χ4v) is 1.02. The second-order valence-corrected chi connectivity index (χ2v) is 2.57. The van der Waals surface area contributed by atoms with Gasteiger partial charge in [-0.1, -0.05) is 24.3 Å². The van der Waals surface area contributed by atoms with Crippen LogP contribution in [0.2, 0.25) is 0 Å². The van der Waals surface area contributed by atoms with Gasteiger partial charge in [0, 0.05) is 0 Å². The van der Waals surface area contributed by atoms with Gasteiger partial charge in [0.05, 0.1) is 0 Å². The second kappa shape index (κ2) is 3.76. The zero-order valence-electron chi connectivity index (χ0n) is 7.03. The van der Waals surface area contributed by atoms with E-state index in [-0.39, 0.29) is 0 Å². The van der Waals surface area contributed by atoms with Gasteiger partial charge in [0.25, 0.3) is 0 Å². The molecule has 0 N–H and O–H groups in total. The highest BCUT2D eigenvalue weighted by molar-refractivity contribution is 5.29. The fraction of sp³-hybridized carbons (Fsp3) is 0. The Morgan fingerprint density at radius 3 is 1.46 bits per heavy atom. The van der Waals surface area contributed by atoms with E-state index in [1.54, 1.807) is 0 Å². The molecule has 0 heterocycles. The predicted molar refractivity (Wildman–Crippen MR) is 50.6 cm³/mol. The molecule has 13 heavy (non-hydrogen) atoms. The Morgan fingerprint density at radius 1 is 0.692 bits per heavy atom. The molecule has 0 fully saturated rings. The third kappa shape index (κ3) is 2.09. The van der Waals surface area contributed by atoms with Gasteiger partial charge in [0.2, 0.25) is 0 Å². The molecular formula is C12H8O. The van der Waals surface area contributed by atoms with E-state index in [0.29, 0.717) is 0 Å². The van der Waals surface area contributed by atoms with Gasteiger partial charge in [-0.2, -0.15) is 0 Å². The van der Waals surface area contributed by atoms with Gasteiger partial charge >= 0.3 is 0 Å². The number of benzene rings is 2. The molecule has 62 valence electrons. The first-order valence-corrected chi connectivity index (χ1v) is 4.05. The molecule has 0 bridgehead atoms. The van der Waals surface area contributed by atoms with E-state index in [1.165, 1.54) is 0 Å². The minimum Gasteiger partial charge on any atom is -0.457 e. The molecule has 0 aliphatic carbocycles. The fourth-order valence-electron chi connectivity index (χ4n) is 1.02. The van der Waals surface area contributed by atoms with Crippen LogP contribution in [0.5, 0.6) is 11.5 Å². The highest BCUT2D eigenvalue weighted by Crippen LogP contribution is 2.19. The Bertz CT molecular complexity index is 316. The Labute approximate surface area is 77.6 Å². The first kappa shape index (κ1) is 7.87. The van der Waals surface area contributed by atoms with Crippen LogP contribution in [-0.4, -0.2) is 0 Å². The van der Waals surface area contributed by atoms with Crippen molar-refractivity contribution in [3.05, 3.63) is 60.7 Å². The van der Waals surface area contributed by atoms with Gasteiger partial charge in [0.1, 0.15) is 11.5 Å². The van der Waals surface area contributed by atoms with Crippen LogP contribution in [0, 0.1) is 12.1 Å². The molecule has 0 saturated carbocycles. The lowest BCUT2D eigenvalue weighted by atomic mass is 10.3. The molecule has 0 aliphatic heterocycles. The van der Waals surface area contributed by atoms with Crippen LogP contribution >= 0.6 is 0 Å². The Balaban J connectivity index is 2.16. The van der Waals surface area contributed by atoms with Crippen LogP contribution in [0.3, 0.4) is 0 Å². The molecule has 0 amide bonds. The lowest BCUT2D eigenvalue weighted by Gasteiger charge is -2.03. The summed E-state index contributed by atoms with van der Waals surface area (Å²) in [4.78, 5) is 0. The van der Waals surface area contributed by atoms with E-state index >= 15 is 0 Å². The monoisotopic (exact) mass is 168 g/mol. The molecule has 0 saturated heterocycles. The van der Waals surface area contributed by atoms with Crippen molar-refractivity contribution in [1.82, 2.24) is 0 Å². The van der Waals surface area contributed by atoms with E-state index in [1.807, 2.05) is 48.5 Å². The van der Waals surface area contributed by atoms with E-state index in [9.17, 15) is 0 Å². The Morgan fingerprint density at radius 2 is 1.08 bits per heavy atom. The summed E-state index contributed by atoms with van der Waals surface area (Å²) in [6.07, 6.45) is 0. The van der Waals surface area contributed by atoms with Crippen molar-refractivity contribution in [3.8, 4) is 11.5 Å². The van der Waals surface area contributed by atoms with Crippen molar-refractivity contribution in [3.63, 3.8) is 0 Å². The molecule has 0 aliphatic rings. The highest BCUT2D eigenvalue weighted by atomic mass is 16.5. The van der Waals surface area contributed by atoms with Gasteiger partial charge in [-0.25, -0.2) is 0 Å². The molecule has 2 rings (SSSR count). The minimum absolute atomic E-state index is 0.824. The van der Waals surface area contributed by atoms with Crippen molar-refractivity contribution in [2.24, 2.45) is 0 Å². The van der Waals surface area contributed by atoms with Crippen LogP contribution in [0.1, 0.15) is 0 Å². The quantitative estimate of drug-likeness (QED) is 0.669. The van der Waals surface area contributed by atoms with Gasteiger partial charge in [-0.3, -0.25) is 0 Å². The number of rotatable bonds is 2. The lowest BCUT2D eigenvalue weighted by Crippen LogP contribution is -1.81. The van der Waals surface area contributed by atoms with E-state index in [2.05, 4.69) is 12.1 Å². The zero-order chi connectivity index (χ0) is 8.93. The lowest BCUT2D eigenvalue weighted by molar-refractivity contribution is 0.482. The molecule has 0 unspecified atom stereocenters. The van der Waals surface area contributed by atoms with Crippen molar-refractivity contribution < 1.29 is 4.74 Å². The molecule has 1 heteroatoms. The molecular weight excluding hydrogens is 160 g/mol. The molecule has 2 aromatic carbocycles. The first-order chi connectivity index (χ1) is 6.45. The van der Waals surface area contributed by atoms with Crippen molar-refractivity contribution in [2.75, 3.05) is 0 Å². The molecule has 1 nitrogen and oxygen atoms in total. The van der Waals surface area contributed by atoms with Gasteiger partial charge in [-0.15, -0.1) is 0 Å². The normalized spacial score (nSPS) is 9.54. The van der Waals surface area contributed by atoms with E-state index in [0.717, 1.165) is 11.5 Å². The SMILES string of the molecule is [c]1ccc(Oc2cc[c]cc2)cc1. The van der Waals surface area contributed by atoms with Crippen LogP contribution in [0.15, 0.2) is 48.5 Å². The summed E-state index contributed by atoms with van der Waals surface area (Å²) in [5.41, 5.74) is 0. The second-order valence-electron chi connectivity index (χ2n) is 2.57. The Kier molecular flexibility index (Phi) is 2.28. The predicted octanol–water partition coefficient (Wildman–Crippen LogP) is 3.08. The summed E-state index contributed by atoms with van der Waals surface area (Å²) < 4.78 is 5.54. The third-order valence-electron chi connectivity index (χ3n) is 1.61. The van der Waals surface area contributed by atoms with Crippen LogP contribution in [-0.2, 0) is 0 Å². The van der Waals surface area contributed by atoms with Gasteiger partial charge < -0.3 is 4.74 Å². The van der Waals surface area contributed by atoms with Crippen molar-refractivity contribution >= 4 is 0 Å². The average molecular weight is 168 g/mol. The molecule has 0 atom stereocenters. The maximum absolute atomic E-state index is 5.54. The molecule has 2 aromatic rings. The van der Waals surface area contributed by atoms with Crippen molar-refractivity contribution in [1.29, 1.82) is 0 Å². The third-order valence-corrected chi connectivity index (χ3v) is 1.61. The van der Waals surface area contributed by atoms with Gasteiger partial charge in [0.15, 0.2) is 0 Å². The van der Waals surface area contributed by atoms with Crippen LogP contribution in [0.25, 0.3) is 0 Å². The van der Waals surface area contributed by atoms with E-state index in [4.69, 9.17) is 4.74 Å². The number of ether oxygens (including phenoxy) is 1. The molecule has 0 spiro atoms. The topological polar surface area (TPSA) is 9.23 Å². The molecule has 2 radical (unpaired) electrons. The summed E-state index contributed by atoms with van der Waals surface area (Å²) in [7, 11) is 0. The van der Waals surface area contributed by atoms with Crippen LogP contribution < -0.4 is 4.74 Å². The molecule has 0 aromatic heterocycles. The van der Waals surface area contributed by atoms with Crippen molar-refractivity contribution in [2.45, 2.75) is 0 Å². The first-order valence-electron chi connectivity index (χ1n) is 4.05. The summed E-state index contributed by atoms with van der Waals surface area (Å²) in [6, 6.07) is 20.6. The zero-order valence-corrected chi connectivity index (χ0v) is 7.03. The summed E-state index contributed by atoms with van der Waals surface area (Å²) in [5.74, 6) is 1.65. The summed E-state index contributed by atoms with van der Waals surface area (Å²) in [6.45, 7) is 0. The summed E-state index contributed by atoms with van der Waals surface area (Å²) in [5, 5.41) is 0. The average Bonchev–Trinajstić information content (AvgIpc) is 2.21. The minimum atomic E-state index is 0.824. The largest absolute Gasteiger partial charge is 0.457 e. The highest BCUT2D eigenvalue weighted by Gasteiger charge is 1.92. The maximum Gasteiger partial charge on any atom is 0.127 e. The Hall–Kier alpha value is -1.76. The smallest absolute Gasteiger partial charge is 0.127 e. The van der Waals surface area contributed by atoms with Crippen LogP contribution in [0.4, 0.5) is 0 Å².